The van der Waals surface area contributed by atoms with E-state index in [0.29, 0.717) is 50.1 Å². The lowest BCUT2D eigenvalue weighted by atomic mass is 9.95. The molecule has 0 aliphatic carbocycles. The number of unbranched alkanes of at least 4 members (excludes halogenated alkanes) is 12. The topological polar surface area (TPSA) is 137 Å². The number of ether oxygens (including phenoxy) is 4. The van der Waals surface area contributed by atoms with Gasteiger partial charge in [-0.1, -0.05) is 96.0 Å². The summed E-state index contributed by atoms with van der Waals surface area (Å²) in [7, 11) is 0. The molecule has 0 N–H and O–H groups in total. The van der Waals surface area contributed by atoms with Crippen molar-refractivity contribution in [1.82, 2.24) is 24.8 Å². The molecule has 0 saturated carbocycles. The van der Waals surface area contributed by atoms with E-state index in [1.54, 1.807) is 4.90 Å². The molecule has 4 aliphatic rings. The Morgan fingerprint density at radius 2 is 1.59 bits per heavy atom. The van der Waals surface area contributed by atoms with Crippen LogP contribution in [-0.2, 0) is 19.1 Å². The van der Waals surface area contributed by atoms with Gasteiger partial charge in [-0.05, 0) is 62.2 Å². The van der Waals surface area contributed by atoms with Crippen LogP contribution in [0.1, 0.15) is 141 Å². The van der Waals surface area contributed by atoms with Gasteiger partial charge in [0.15, 0.2) is 5.82 Å². The van der Waals surface area contributed by atoms with E-state index in [1.165, 1.54) is 102 Å². The number of alkyl halides is 1. The van der Waals surface area contributed by atoms with Gasteiger partial charge >= 0.3 is 24.0 Å². The van der Waals surface area contributed by atoms with Crippen LogP contribution in [0.15, 0.2) is 30.5 Å². The number of pyridine rings is 1. The molecule has 2 aromatic heterocycles. The van der Waals surface area contributed by atoms with E-state index in [2.05, 4.69) is 27.7 Å². The molecular weight excluding hydrogens is 890 g/mol. The van der Waals surface area contributed by atoms with Gasteiger partial charge in [0.2, 0.25) is 6.79 Å². The summed E-state index contributed by atoms with van der Waals surface area (Å²) in [5.74, 6) is 0.182. The summed E-state index contributed by atoms with van der Waals surface area (Å²) in [6, 6.07) is 4.82. The van der Waals surface area contributed by atoms with E-state index in [-0.39, 0.29) is 70.0 Å². The van der Waals surface area contributed by atoms with Gasteiger partial charge in [-0.25, -0.2) is 18.0 Å². The second-order valence-electron chi connectivity index (χ2n) is 19.3. The van der Waals surface area contributed by atoms with E-state index >= 15 is 8.78 Å². The van der Waals surface area contributed by atoms with Crippen molar-refractivity contribution < 1.29 is 46.5 Å². The maximum atomic E-state index is 17.4. The Hall–Kier alpha value is -5.69. The normalized spacial score (nSPS) is 20.9. The highest BCUT2D eigenvalue weighted by atomic mass is 19.1. The number of hydrogen-bond acceptors (Lipinski definition) is 12. The molecule has 16 heteroatoms. The van der Waals surface area contributed by atoms with Gasteiger partial charge in [0.1, 0.15) is 41.4 Å². The first kappa shape index (κ1) is 49.7. The van der Waals surface area contributed by atoms with Crippen LogP contribution < -0.4 is 14.4 Å². The molecule has 4 fully saturated rings. The number of benzene rings is 2. The van der Waals surface area contributed by atoms with Crippen molar-refractivity contribution in [1.29, 1.82) is 0 Å². The molecule has 69 heavy (non-hydrogen) atoms. The number of piperazine rings is 1. The Balaban J connectivity index is 0.951. The molecule has 4 atom stereocenters. The number of fused-ring (bicyclic) bond motifs is 5. The van der Waals surface area contributed by atoms with Crippen LogP contribution in [0.2, 0.25) is 0 Å². The lowest BCUT2D eigenvalue weighted by Crippen LogP contribution is -2.56. The lowest BCUT2D eigenvalue weighted by Gasteiger charge is -2.41. The smallest absolute Gasteiger partial charge is 0.413 e. The Labute approximate surface area is 402 Å². The van der Waals surface area contributed by atoms with E-state index < -0.39 is 48.2 Å². The summed E-state index contributed by atoms with van der Waals surface area (Å²) in [6.45, 7) is 4.76. The number of anilines is 1. The first-order valence-electron chi connectivity index (χ1n) is 25.1. The summed E-state index contributed by atoms with van der Waals surface area (Å²) in [4.78, 5) is 57.8. The number of aromatic nitrogens is 3. The molecule has 4 aliphatic heterocycles. The number of esters is 2. The number of carbonyl (C=O) groups excluding carboxylic acids is 3. The SMILES string of the molecule is C#Cc1c(F)ccc2cc(OC(C)=O)cc(-c3ncc4c(N5CC6CCC(C5)N6C(=O)OCOC(=O)CCCCCCCCCCCCCCC)nc(OC[C@@]56CCCN5C[C@H](F)C6)nc4c3F)c12. The number of carbonyl (C=O) groups is 3. The Bertz CT molecular complexity index is 2530. The van der Waals surface area contributed by atoms with Gasteiger partial charge in [0, 0.05) is 56.5 Å². The molecule has 4 saturated heterocycles. The van der Waals surface area contributed by atoms with Crippen LogP contribution in [-0.4, -0.2) is 106 Å². The van der Waals surface area contributed by atoms with Crippen molar-refractivity contribution in [2.24, 2.45) is 0 Å². The quantitative estimate of drug-likeness (QED) is 0.0244. The van der Waals surface area contributed by atoms with Crippen LogP contribution in [0.4, 0.5) is 23.8 Å². The summed E-state index contributed by atoms with van der Waals surface area (Å²) >= 11 is 0. The fourth-order valence-electron chi connectivity index (χ4n) is 11.1. The Morgan fingerprint density at radius 3 is 2.28 bits per heavy atom. The first-order chi connectivity index (χ1) is 33.5. The van der Waals surface area contributed by atoms with Crippen molar-refractivity contribution >= 4 is 45.5 Å². The zero-order valence-electron chi connectivity index (χ0n) is 40.0. The molecule has 2 unspecified atom stereocenters. The Kier molecular flexibility index (Phi) is 16.4. The molecule has 8 rings (SSSR count). The van der Waals surface area contributed by atoms with Crippen LogP contribution in [0.3, 0.4) is 0 Å². The second kappa shape index (κ2) is 22.8. The number of nitrogens with zero attached hydrogens (tertiary/aromatic N) is 6. The minimum Gasteiger partial charge on any atom is -0.461 e. The first-order valence-corrected chi connectivity index (χ1v) is 25.1. The molecule has 2 aromatic carbocycles. The summed E-state index contributed by atoms with van der Waals surface area (Å²) < 4.78 is 69.9. The van der Waals surface area contributed by atoms with Gasteiger partial charge in [0.05, 0.1) is 28.6 Å². The molecule has 0 spiro atoms. The third-order valence-corrected chi connectivity index (χ3v) is 14.5. The van der Waals surface area contributed by atoms with E-state index in [0.717, 1.165) is 38.6 Å². The molecule has 13 nitrogen and oxygen atoms in total. The lowest BCUT2D eigenvalue weighted by molar-refractivity contribution is -0.152. The molecule has 2 bridgehead atoms. The van der Waals surface area contributed by atoms with E-state index in [4.69, 9.17) is 30.4 Å². The third-order valence-electron chi connectivity index (χ3n) is 14.5. The average molecular weight is 955 g/mol. The summed E-state index contributed by atoms with van der Waals surface area (Å²) in [5, 5.41) is 0.838. The van der Waals surface area contributed by atoms with Crippen molar-refractivity contribution in [3.8, 4) is 35.4 Å². The maximum Gasteiger partial charge on any atom is 0.413 e. The van der Waals surface area contributed by atoms with Crippen molar-refractivity contribution in [3.05, 3.63) is 47.7 Å². The van der Waals surface area contributed by atoms with Crippen LogP contribution in [0, 0.1) is 24.0 Å². The van der Waals surface area contributed by atoms with Crippen LogP contribution in [0.5, 0.6) is 11.8 Å². The van der Waals surface area contributed by atoms with Crippen molar-refractivity contribution in [2.45, 2.75) is 160 Å². The monoisotopic (exact) mass is 954 g/mol. The predicted octanol–water partition coefficient (Wildman–Crippen LogP) is 10.8. The minimum atomic E-state index is -0.997. The molecule has 1 amide bonds. The summed E-state index contributed by atoms with van der Waals surface area (Å²) in [5.41, 5.74) is -0.960. The zero-order valence-corrected chi connectivity index (χ0v) is 40.0. The maximum absolute atomic E-state index is 17.4. The third kappa shape index (κ3) is 11.5. The van der Waals surface area contributed by atoms with Crippen molar-refractivity contribution in [3.63, 3.8) is 0 Å². The second-order valence-corrected chi connectivity index (χ2v) is 19.3. The van der Waals surface area contributed by atoms with Gasteiger partial charge in [-0.2, -0.15) is 9.97 Å². The number of hydrogen-bond donors (Lipinski definition) is 0. The average Bonchev–Trinajstić information content (AvgIpc) is 3.95. The molecular formula is C53H65F3N6O7. The predicted molar refractivity (Wildman–Crippen MR) is 257 cm³/mol. The Morgan fingerprint density at radius 1 is 0.899 bits per heavy atom. The van der Waals surface area contributed by atoms with E-state index in [9.17, 15) is 18.8 Å². The number of amides is 1. The fraction of sp³-hybridized carbons (Fsp3) is 0.585. The number of halogens is 3. The fourth-order valence-corrected chi connectivity index (χ4v) is 11.1. The largest absolute Gasteiger partial charge is 0.461 e. The molecule has 0 radical (unpaired) electrons. The zero-order chi connectivity index (χ0) is 48.5. The highest BCUT2D eigenvalue weighted by Gasteiger charge is 2.50. The number of rotatable bonds is 22. The van der Waals surface area contributed by atoms with Crippen LogP contribution >= 0.6 is 0 Å². The van der Waals surface area contributed by atoms with Gasteiger partial charge in [0.25, 0.3) is 0 Å². The summed E-state index contributed by atoms with van der Waals surface area (Å²) in [6.07, 6.45) is 24.9. The highest BCUT2D eigenvalue weighted by molar-refractivity contribution is 6.03. The number of terminal acetylenes is 1. The van der Waals surface area contributed by atoms with Crippen molar-refractivity contribution in [2.75, 3.05) is 44.5 Å². The minimum absolute atomic E-state index is 0.0754. The van der Waals surface area contributed by atoms with Crippen LogP contribution in [0.25, 0.3) is 32.9 Å². The molecule has 4 aromatic rings. The highest BCUT2D eigenvalue weighted by Crippen LogP contribution is 2.43. The standard InChI is InChI=1S/C53H65F3N6O7/c1-4-6-7-8-9-10-11-12-13-14-15-16-17-19-45(64)67-34-68-52(65)62-38-21-22-39(62)32-60(31-38)50-43-29-57-48(42-27-40(69-35(3)63)26-36-20-23-44(55)41(5-2)46(36)42)47(56)49(43)58-51(59-50)66-33-53-24-18-25-61(53)30-37(54)28-53/h2,20,23,26-27,29,37-39H,4,6-19,21-22,24-25,28,30-34H2,1,3H3/t37-,38?,39?,53+/m1/s1. The van der Waals surface area contributed by atoms with Gasteiger partial charge in [-0.15, -0.1) is 6.42 Å². The molecule has 6 heterocycles. The van der Waals surface area contributed by atoms with Gasteiger partial charge < -0.3 is 23.8 Å². The van der Waals surface area contributed by atoms with Gasteiger partial charge in [-0.3, -0.25) is 24.4 Å². The molecule has 370 valence electrons. The van der Waals surface area contributed by atoms with E-state index in [1.807, 2.05) is 4.90 Å².